The second-order valence-corrected chi connectivity index (χ2v) is 3.71. The zero-order chi connectivity index (χ0) is 16.4. The van der Waals surface area contributed by atoms with E-state index in [0.717, 1.165) is 6.07 Å². The molecule has 4 nitrogen and oxygen atoms in total. The minimum atomic E-state index is -5.74. The molecular weight excluding hydrogens is 308 g/mol. The summed E-state index contributed by atoms with van der Waals surface area (Å²) in [5.41, 5.74) is -1.23. The summed E-state index contributed by atoms with van der Waals surface area (Å²) in [4.78, 5) is 10.6. The highest BCUT2D eigenvalue weighted by molar-refractivity contribution is 5.88. The summed E-state index contributed by atoms with van der Waals surface area (Å²) in [5.74, 6) is -2.51. The van der Waals surface area contributed by atoms with E-state index in [1.54, 1.807) is 0 Å². The van der Waals surface area contributed by atoms with E-state index in [2.05, 4.69) is 4.74 Å². The minimum absolute atomic E-state index is 0.477. The van der Waals surface area contributed by atoms with Crippen molar-refractivity contribution < 1.29 is 41.0 Å². The van der Waals surface area contributed by atoms with E-state index in [4.69, 9.17) is 10.4 Å². The van der Waals surface area contributed by atoms with Gasteiger partial charge in [-0.2, -0.15) is 31.6 Å². The molecule has 0 heterocycles. The Hall–Kier alpha value is -2.44. The van der Waals surface area contributed by atoms with Crippen molar-refractivity contribution in [2.75, 3.05) is 0 Å². The Labute approximate surface area is 113 Å². The van der Waals surface area contributed by atoms with E-state index in [0.29, 0.717) is 12.1 Å². The van der Waals surface area contributed by atoms with Crippen molar-refractivity contribution in [3.8, 4) is 11.8 Å². The number of ether oxygens (including phenoxy) is 1. The van der Waals surface area contributed by atoms with Gasteiger partial charge >= 0.3 is 18.3 Å². The molecular formula is C11H5F6NO3. The lowest BCUT2D eigenvalue weighted by Crippen LogP contribution is -2.46. The standard InChI is InChI=1S/C11H5F6NO3/c12-10(13,14)9(11(15,16)17)21-7-2-1-5(8(19)20)3-6(7)4-18/h1-3,9H,(H,19,20). The van der Waals surface area contributed by atoms with Crippen LogP contribution < -0.4 is 4.74 Å². The third-order valence-electron chi connectivity index (χ3n) is 2.19. The number of nitriles is 1. The van der Waals surface area contributed by atoms with Crippen LogP contribution in [0.25, 0.3) is 0 Å². The molecule has 0 aliphatic heterocycles. The summed E-state index contributed by atoms with van der Waals surface area (Å²) in [6, 6.07) is 3.18. The number of benzene rings is 1. The maximum absolute atomic E-state index is 12.3. The largest absolute Gasteiger partial charge is 0.478 e. The fourth-order valence-electron chi connectivity index (χ4n) is 1.30. The lowest BCUT2D eigenvalue weighted by atomic mass is 10.1. The summed E-state index contributed by atoms with van der Waals surface area (Å²) < 4.78 is 77.8. The van der Waals surface area contributed by atoms with Gasteiger partial charge in [-0.1, -0.05) is 0 Å². The third-order valence-corrected chi connectivity index (χ3v) is 2.19. The van der Waals surface area contributed by atoms with Crippen molar-refractivity contribution >= 4 is 5.97 Å². The first-order chi connectivity index (χ1) is 9.46. The zero-order valence-electron chi connectivity index (χ0n) is 9.79. The molecule has 0 saturated carbocycles. The highest BCUT2D eigenvalue weighted by Gasteiger charge is 2.59. The molecule has 1 rings (SSSR count). The molecule has 0 atom stereocenters. The van der Waals surface area contributed by atoms with Gasteiger partial charge in [0.15, 0.2) is 0 Å². The average Bonchev–Trinajstić information content (AvgIpc) is 2.32. The summed E-state index contributed by atoms with van der Waals surface area (Å²) in [6.45, 7) is 0. The van der Waals surface area contributed by atoms with Crippen LogP contribution in [0, 0.1) is 11.3 Å². The maximum atomic E-state index is 12.3. The van der Waals surface area contributed by atoms with Crippen molar-refractivity contribution in [3.63, 3.8) is 0 Å². The van der Waals surface area contributed by atoms with Crippen molar-refractivity contribution in [1.82, 2.24) is 0 Å². The van der Waals surface area contributed by atoms with Gasteiger partial charge in [-0.3, -0.25) is 0 Å². The SMILES string of the molecule is N#Cc1cc(C(=O)O)ccc1OC(C(F)(F)F)C(F)(F)F. The smallest absolute Gasteiger partial charge is 0.434 e. The molecule has 1 aromatic carbocycles. The number of carboxylic acids is 1. The van der Waals surface area contributed by atoms with Crippen molar-refractivity contribution in [2.24, 2.45) is 0 Å². The molecule has 1 N–H and O–H groups in total. The Morgan fingerprint density at radius 3 is 2.10 bits per heavy atom. The predicted molar refractivity (Wildman–Crippen MR) is 54.6 cm³/mol. The van der Waals surface area contributed by atoms with Crippen LogP contribution in [0.4, 0.5) is 26.3 Å². The maximum Gasteiger partial charge on any atom is 0.434 e. The van der Waals surface area contributed by atoms with Gasteiger partial charge in [-0.15, -0.1) is 0 Å². The minimum Gasteiger partial charge on any atom is -0.478 e. The van der Waals surface area contributed by atoms with Crippen LogP contribution in [0.1, 0.15) is 15.9 Å². The van der Waals surface area contributed by atoms with Gasteiger partial charge in [0.25, 0.3) is 6.10 Å². The second-order valence-electron chi connectivity index (χ2n) is 3.71. The monoisotopic (exact) mass is 313 g/mol. The Morgan fingerprint density at radius 2 is 1.71 bits per heavy atom. The summed E-state index contributed by atoms with van der Waals surface area (Å²) in [6.07, 6.45) is -15.6. The van der Waals surface area contributed by atoms with Crippen LogP contribution >= 0.6 is 0 Å². The third kappa shape index (κ3) is 4.01. The number of carbonyl (C=O) groups is 1. The van der Waals surface area contributed by atoms with Crippen LogP contribution in [-0.2, 0) is 0 Å². The van der Waals surface area contributed by atoms with Gasteiger partial charge in [-0.25, -0.2) is 4.79 Å². The number of halogens is 6. The fourth-order valence-corrected chi connectivity index (χ4v) is 1.30. The number of hydrogen-bond acceptors (Lipinski definition) is 3. The molecule has 0 spiro atoms. The van der Waals surface area contributed by atoms with Crippen molar-refractivity contribution in [1.29, 1.82) is 5.26 Å². The van der Waals surface area contributed by atoms with Gasteiger partial charge in [-0.05, 0) is 18.2 Å². The van der Waals surface area contributed by atoms with E-state index in [-0.39, 0.29) is 0 Å². The first kappa shape index (κ1) is 16.6. The molecule has 0 aromatic heterocycles. The topological polar surface area (TPSA) is 70.3 Å². The van der Waals surface area contributed by atoms with Gasteiger partial charge in [0.1, 0.15) is 11.8 Å². The molecule has 0 amide bonds. The van der Waals surface area contributed by atoms with Gasteiger partial charge in [0.2, 0.25) is 0 Å². The highest BCUT2D eigenvalue weighted by Crippen LogP contribution is 2.37. The van der Waals surface area contributed by atoms with Gasteiger partial charge in [0.05, 0.1) is 11.1 Å². The molecule has 114 valence electrons. The van der Waals surface area contributed by atoms with Crippen LogP contribution in [0.5, 0.6) is 5.75 Å². The summed E-state index contributed by atoms with van der Waals surface area (Å²) >= 11 is 0. The Balaban J connectivity index is 3.23. The number of carboxylic acid groups (broad SMARTS) is 1. The Bertz CT molecular complexity index is 573. The Morgan fingerprint density at radius 1 is 1.19 bits per heavy atom. The van der Waals surface area contributed by atoms with E-state index in [1.165, 1.54) is 6.07 Å². The molecule has 0 fully saturated rings. The molecule has 21 heavy (non-hydrogen) atoms. The fraction of sp³-hybridized carbons (Fsp3) is 0.273. The van der Waals surface area contributed by atoms with Gasteiger partial charge < -0.3 is 9.84 Å². The van der Waals surface area contributed by atoms with Crippen molar-refractivity contribution in [3.05, 3.63) is 29.3 Å². The van der Waals surface area contributed by atoms with E-state index in [9.17, 15) is 31.1 Å². The van der Waals surface area contributed by atoms with Crippen LogP contribution in [-0.4, -0.2) is 29.5 Å². The first-order valence-electron chi connectivity index (χ1n) is 5.04. The van der Waals surface area contributed by atoms with Crippen LogP contribution in [0.2, 0.25) is 0 Å². The number of nitrogens with zero attached hydrogens (tertiary/aromatic N) is 1. The molecule has 1 aromatic rings. The highest BCUT2D eigenvalue weighted by atomic mass is 19.4. The van der Waals surface area contributed by atoms with E-state index < -0.39 is 41.3 Å². The molecule has 0 bridgehead atoms. The summed E-state index contributed by atoms with van der Waals surface area (Å²) in [5, 5.41) is 17.3. The Kier molecular flexibility index (Phi) is 4.36. The second kappa shape index (κ2) is 5.51. The lowest BCUT2D eigenvalue weighted by molar-refractivity contribution is -0.299. The molecule has 0 aliphatic carbocycles. The van der Waals surface area contributed by atoms with Crippen LogP contribution in [0.3, 0.4) is 0 Å². The lowest BCUT2D eigenvalue weighted by Gasteiger charge is -2.24. The van der Waals surface area contributed by atoms with E-state index in [1.807, 2.05) is 0 Å². The predicted octanol–water partition coefficient (Wildman–Crippen LogP) is 3.13. The average molecular weight is 313 g/mol. The number of aromatic carboxylic acids is 1. The molecule has 0 unspecified atom stereocenters. The number of rotatable bonds is 3. The molecule has 0 aliphatic rings. The quantitative estimate of drug-likeness (QED) is 0.870. The molecule has 0 saturated heterocycles. The number of hydrogen-bond donors (Lipinski definition) is 1. The molecule has 10 heteroatoms. The normalized spacial score (nSPS) is 12.1. The van der Waals surface area contributed by atoms with Crippen LogP contribution in [0.15, 0.2) is 18.2 Å². The van der Waals surface area contributed by atoms with Crippen molar-refractivity contribution in [2.45, 2.75) is 18.5 Å². The summed E-state index contributed by atoms with van der Waals surface area (Å²) in [7, 11) is 0. The van der Waals surface area contributed by atoms with E-state index >= 15 is 0 Å². The molecule has 0 radical (unpaired) electrons. The number of alkyl halides is 6. The zero-order valence-corrected chi connectivity index (χ0v) is 9.79. The van der Waals surface area contributed by atoms with Gasteiger partial charge in [0, 0.05) is 0 Å². The first-order valence-corrected chi connectivity index (χ1v) is 5.04.